The first kappa shape index (κ1) is 13.3. The van der Waals surface area contributed by atoms with Crippen LogP contribution in [0.2, 0.25) is 0 Å². The van der Waals surface area contributed by atoms with E-state index < -0.39 is 17.4 Å². The van der Waals surface area contributed by atoms with E-state index in [1.54, 1.807) is 6.92 Å². The van der Waals surface area contributed by atoms with Crippen molar-refractivity contribution in [2.75, 3.05) is 5.75 Å². The van der Waals surface area contributed by atoms with E-state index in [2.05, 4.69) is 0 Å². The molecule has 1 atom stereocenters. The summed E-state index contributed by atoms with van der Waals surface area (Å²) in [5.41, 5.74) is -1.05. The Kier molecular flexibility index (Phi) is 7.28. The van der Waals surface area contributed by atoms with E-state index in [4.69, 9.17) is 9.84 Å². The average molecular weight is 220 g/mol. The van der Waals surface area contributed by atoms with Crippen LogP contribution in [-0.2, 0) is 14.3 Å². The lowest BCUT2D eigenvalue weighted by atomic mass is 10.4. The van der Waals surface area contributed by atoms with Crippen LogP contribution in [0.5, 0.6) is 0 Å². The predicted octanol–water partition coefficient (Wildman–Crippen LogP) is 1.88. The molecule has 5 heteroatoms. The van der Waals surface area contributed by atoms with Gasteiger partial charge in [-0.2, -0.15) is 0 Å². The van der Waals surface area contributed by atoms with E-state index in [0.29, 0.717) is 5.75 Å². The summed E-state index contributed by atoms with van der Waals surface area (Å²) < 4.78 is 4.73. The first-order chi connectivity index (χ1) is 6.61. The molecule has 0 saturated carbocycles. The highest BCUT2D eigenvalue weighted by Crippen LogP contribution is 2.15. The van der Waals surface area contributed by atoms with Crippen LogP contribution in [0.1, 0.15) is 33.1 Å². The molecule has 0 aromatic heterocycles. The number of ether oxygens (including phenoxy) is 1. The molecule has 0 aromatic carbocycles. The van der Waals surface area contributed by atoms with Gasteiger partial charge in [-0.15, -0.1) is 11.8 Å². The van der Waals surface area contributed by atoms with Gasteiger partial charge in [0.05, 0.1) is 0 Å². The maximum Gasteiger partial charge on any atom is 0.355 e. The van der Waals surface area contributed by atoms with E-state index in [-0.39, 0.29) is 6.42 Å². The van der Waals surface area contributed by atoms with Crippen molar-refractivity contribution in [1.29, 1.82) is 0 Å². The van der Waals surface area contributed by atoms with E-state index in [9.17, 15) is 9.59 Å². The van der Waals surface area contributed by atoms with Gasteiger partial charge in [0.1, 0.15) is 0 Å². The van der Waals surface area contributed by atoms with E-state index in [0.717, 1.165) is 24.6 Å². The molecule has 0 radical (unpaired) electrons. The Labute approximate surface area is 88.0 Å². The Balaban J connectivity index is 3.90. The second-order valence-electron chi connectivity index (χ2n) is 2.74. The Morgan fingerprint density at radius 2 is 2.07 bits per heavy atom. The van der Waals surface area contributed by atoms with Gasteiger partial charge in [-0.1, -0.05) is 20.3 Å². The third kappa shape index (κ3) is 5.85. The largest absolute Gasteiger partial charge is 0.478 e. The van der Waals surface area contributed by atoms with Gasteiger partial charge in [-0.05, 0) is 12.2 Å². The molecular weight excluding hydrogens is 204 g/mol. The van der Waals surface area contributed by atoms with Gasteiger partial charge in [-0.3, -0.25) is 4.79 Å². The number of hydrogen-bond donors (Lipinski definition) is 1. The minimum Gasteiger partial charge on any atom is -0.478 e. The molecule has 1 unspecified atom stereocenters. The summed E-state index contributed by atoms with van der Waals surface area (Å²) in [6, 6.07) is 0. The normalized spacial score (nSPS) is 12.1. The van der Waals surface area contributed by atoms with Gasteiger partial charge in [0.25, 0.3) is 0 Å². The molecule has 1 N–H and O–H groups in total. The maximum atomic E-state index is 10.9. The molecule has 0 amide bonds. The molecule has 0 rings (SSSR count). The molecule has 0 heterocycles. The number of carbonyl (C=O) groups excluding carboxylic acids is 1. The molecular formula is C9H16O4S. The Hall–Kier alpha value is -0.710. The minimum atomic E-state index is -1.09. The summed E-state index contributed by atoms with van der Waals surface area (Å²) in [6.45, 7) is 3.66. The molecule has 0 saturated heterocycles. The van der Waals surface area contributed by atoms with Crippen molar-refractivity contribution >= 4 is 23.7 Å². The van der Waals surface area contributed by atoms with Gasteiger partial charge in [0.15, 0.2) is 0 Å². The van der Waals surface area contributed by atoms with Crippen LogP contribution in [-0.4, -0.2) is 28.2 Å². The van der Waals surface area contributed by atoms with Crippen LogP contribution >= 0.6 is 11.8 Å². The summed E-state index contributed by atoms with van der Waals surface area (Å²) in [5.74, 6) is -0.862. The van der Waals surface area contributed by atoms with Crippen LogP contribution in [0.15, 0.2) is 0 Å². The zero-order chi connectivity index (χ0) is 11.0. The van der Waals surface area contributed by atoms with Crippen LogP contribution in [0.3, 0.4) is 0 Å². The fraction of sp³-hybridized carbons (Fsp3) is 0.778. The van der Waals surface area contributed by atoms with Crippen molar-refractivity contribution in [1.82, 2.24) is 0 Å². The van der Waals surface area contributed by atoms with Crippen LogP contribution < -0.4 is 0 Å². The summed E-state index contributed by atoms with van der Waals surface area (Å²) in [4.78, 5) is 21.5. The summed E-state index contributed by atoms with van der Waals surface area (Å²) in [6.07, 6.45) is 2.14. The molecule has 0 aliphatic rings. The molecule has 0 aliphatic carbocycles. The third-order valence-electron chi connectivity index (χ3n) is 1.50. The average Bonchev–Trinajstić information content (AvgIpc) is 2.16. The third-order valence-corrected chi connectivity index (χ3v) is 2.62. The molecule has 14 heavy (non-hydrogen) atoms. The van der Waals surface area contributed by atoms with Crippen molar-refractivity contribution in [2.45, 2.75) is 38.5 Å². The molecule has 0 aromatic rings. The number of hydrogen-bond acceptors (Lipinski definition) is 4. The number of carboxylic acids is 1. The number of carbonyl (C=O) groups is 2. The number of carboxylic acid groups (broad SMARTS) is 1. The number of rotatable bonds is 7. The van der Waals surface area contributed by atoms with Gasteiger partial charge in [0.2, 0.25) is 5.44 Å². The number of esters is 1. The van der Waals surface area contributed by atoms with Crippen molar-refractivity contribution in [3.8, 4) is 0 Å². The lowest BCUT2D eigenvalue weighted by Crippen LogP contribution is -2.23. The fourth-order valence-corrected chi connectivity index (χ4v) is 1.68. The Bertz CT molecular complexity index is 193. The minimum absolute atomic E-state index is 0.206. The maximum absolute atomic E-state index is 10.9. The Morgan fingerprint density at radius 1 is 1.43 bits per heavy atom. The second kappa shape index (κ2) is 7.67. The van der Waals surface area contributed by atoms with E-state index in [1.165, 1.54) is 0 Å². The van der Waals surface area contributed by atoms with Gasteiger partial charge < -0.3 is 9.84 Å². The van der Waals surface area contributed by atoms with Crippen LogP contribution in [0, 0.1) is 0 Å². The first-order valence-electron chi connectivity index (χ1n) is 4.65. The second-order valence-corrected chi connectivity index (χ2v) is 3.91. The van der Waals surface area contributed by atoms with Crippen molar-refractivity contribution < 1.29 is 19.4 Å². The highest BCUT2D eigenvalue weighted by atomic mass is 32.2. The summed E-state index contributed by atoms with van der Waals surface area (Å²) >= 11 is 1.16. The first-order valence-corrected chi connectivity index (χ1v) is 5.70. The lowest BCUT2D eigenvalue weighted by molar-refractivity contribution is -0.157. The van der Waals surface area contributed by atoms with Gasteiger partial charge in [-0.25, -0.2) is 4.79 Å². The zero-order valence-electron chi connectivity index (χ0n) is 8.49. The SMILES string of the molecule is CCCCSC(OC(=O)CC)C(=O)O. The topological polar surface area (TPSA) is 63.6 Å². The van der Waals surface area contributed by atoms with Crippen molar-refractivity contribution in [3.05, 3.63) is 0 Å². The molecule has 0 bridgehead atoms. The zero-order valence-corrected chi connectivity index (χ0v) is 9.30. The Morgan fingerprint density at radius 3 is 2.50 bits per heavy atom. The highest BCUT2D eigenvalue weighted by molar-refractivity contribution is 8.00. The monoisotopic (exact) mass is 220 g/mol. The quantitative estimate of drug-likeness (QED) is 0.403. The molecule has 0 fully saturated rings. The molecule has 0 aliphatic heterocycles. The molecule has 82 valence electrons. The predicted molar refractivity (Wildman–Crippen MR) is 55.2 cm³/mol. The van der Waals surface area contributed by atoms with Crippen LogP contribution in [0.25, 0.3) is 0 Å². The van der Waals surface area contributed by atoms with Crippen molar-refractivity contribution in [3.63, 3.8) is 0 Å². The summed E-state index contributed by atoms with van der Waals surface area (Å²) in [5, 5.41) is 8.72. The highest BCUT2D eigenvalue weighted by Gasteiger charge is 2.21. The van der Waals surface area contributed by atoms with E-state index >= 15 is 0 Å². The lowest BCUT2D eigenvalue weighted by Gasteiger charge is -2.12. The number of aliphatic carboxylic acids is 1. The van der Waals surface area contributed by atoms with Gasteiger partial charge >= 0.3 is 11.9 Å². The van der Waals surface area contributed by atoms with Gasteiger partial charge in [0, 0.05) is 6.42 Å². The standard InChI is InChI=1S/C9H16O4S/c1-3-5-6-14-9(8(11)12)13-7(10)4-2/h9H,3-6H2,1-2H3,(H,11,12). The van der Waals surface area contributed by atoms with E-state index in [1.807, 2.05) is 6.92 Å². The van der Waals surface area contributed by atoms with Crippen molar-refractivity contribution in [2.24, 2.45) is 0 Å². The fourth-order valence-electron chi connectivity index (χ4n) is 0.693. The summed E-state index contributed by atoms with van der Waals surface area (Å²) in [7, 11) is 0. The molecule has 4 nitrogen and oxygen atoms in total. The number of unbranched alkanes of at least 4 members (excludes halogenated alkanes) is 1. The number of thioether (sulfide) groups is 1. The molecule has 0 spiro atoms. The smallest absolute Gasteiger partial charge is 0.355 e. The van der Waals surface area contributed by atoms with Crippen LogP contribution in [0.4, 0.5) is 0 Å².